The minimum absolute atomic E-state index is 0.783. The Bertz CT molecular complexity index is 499. The van der Waals surface area contributed by atoms with Gasteiger partial charge in [0.25, 0.3) is 0 Å². The molecule has 1 N–H and O–H groups in total. The third kappa shape index (κ3) is 2.59. The minimum atomic E-state index is 0.783. The van der Waals surface area contributed by atoms with Gasteiger partial charge in [-0.3, -0.25) is 0 Å². The van der Waals surface area contributed by atoms with Gasteiger partial charge in [-0.1, -0.05) is 25.1 Å². The molecular formula is C15H19NO. The second-order valence-corrected chi connectivity index (χ2v) is 4.34. The van der Waals surface area contributed by atoms with Gasteiger partial charge in [0.2, 0.25) is 0 Å². The largest absolute Gasteiger partial charge is 0.467 e. The molecule has 1 aromatic heterocycles. The van der Waals surface area contributed by atoms with Crippen LogP contribution in [0.4, 0.5) is 0 Å². The fourth-order valence-corrected chi connectivity index (χ4v) is 1.88. The zero-order valence-corrected chi connectivity index (χ0v) is 10.7. The summed E-state index contributed by atoms with van der Waals surface area (Å²) in [6, 6.07) is 8.57. The van der Waals surface area contributed by atoms with E-state index in [2.05, 4.69) is 44.3 Å². The molecule has 0 amide bonds. The van der Waals surface area contributed by atoms with Crippen molar-refractivity contribution in [2.24, 2.45) is 0 Å². The van der Waals surface area contributed by atoms with E-state index in [0.29, 0.717) is 0 Å². The van der Waals surface area contributed by atoms with Gasteiger partial charge in [0.05, 0.1) is 12.8 Å². The number of nitrogens with one attached hydrogen (secondary N) is 1. The first-order valence-corrected chi connectivity index (χ1v) is 6.07. The van der Waals surface area contributed by atoms with Crippen LogP contribution in [0.15, 0.2) is 34.9 Å². The molecule has 2 heteroatoms. The summed E-state index contributed by atoms with van der Waals surface area (Å²) in [6.45, 7) is 8.11. The molecule has 0 radical (unpaired) electrons. The summed E-state index contributed by atoms with van der Waals surface area (Å²) in [5.74, 6) is 1.01. The molecule has 0 aliphatic carbocycles. The maximum Gasteiger partial charge on any atom is 0.125 e. The van der Waals surface area contributed by atoms with Crippen LogP contribution in [0.3, 0.4) is 0 Å². The highest BCUT2D eigenvalue weighted by Gasteiger charge is 2.08. The Morgan fingerprint density at radius 1 is 1.12 bits per heavy atom. The van der Waals surface area contributed by atoms with Crippen molar-refractivity contribution in [2.45, 2.75) is 27.3 Å². The highest BCUT2D eigenvalue weighted by Crippen LogP contribution is 2.26. The number of hydrogen-bond acceptors (Lipinski definition) is 2. The molecule has 0 saturated carbocycles. The third-order valence-electron chi connectivity index (χ3n) is 3.10. The van der Waals surface area contributed by atoms with Crippen molar-refractivity contribution in [2.75, 3.05) is 6.54 Å². The first kappa shape index (κ1) is 11.9. The lowest BCUT2D eigenvalue weighted by Gasteiger charge is -2.06. The van der Waals surface area contributed by atoms with E-state index >= 15 is 0 Å². The predicted molar refractivity (Wildman–Crippen MR) is 71.0 cm³/mol. The molecule has 0 spiro atoms. The second kappa shape index (κ2) is 5.19. The predicted octanol–water partition coefficient (Wildman–Crippen LogP) is 3.67. The molecule has 90 valence electrons. The van der Waals surface area contributed by atoms with E-state index in [1.807, 2.05) is 6.07 Å². The van der Waals surface area contributed by atoms with Crippen LogP contribution in [0.25, 0.3) is 11.1 Å². The van der Waals surface area contributed by atoms with Crippen LogP contribution in [-0.2, 0) is 6.54 Å². The topological polar surface area (TPSA) is 25.2 Å². The van der Waals surface area contributed by atoms with Crippen molar-refractivity contribution < 1.29 is 4.42 Å². The first-order chi connectivity index (χ1) is 8.22. The van der Waals surface area contributed by atoms with Crippen molar-refractivity contribution in [3.8, 4) is 11.1 Å². The van der Waals surface area contributed by atoms with Crippen molar-refractivity contribution in [3.05, 3.63) is 47.4 Å². The monoisotopic (exact) mass is 229 g/mol. The normalized spacial score (nSPS) is 10.8. The lowest BCUT2D eigenvalue weighted by atomic mass is 10.0. The minimum Gasteiger partial charge on any atom is -0.467 e. The lowest BCUT2D eigenvalue weighted by molar-refractivity contribution is 0.489. The van der Waals surface area contributed by atoms with E-state index in [4.69, 9.17) is 4.42 Å². The van der Waals surface area contributed by atoms with Crippen LogP contribution in [-0.4, -0.2) is 6.54 Å². The molecule has 0 bridgehead atoms. The molecule has 2 aromatic rings. The summed E-state index contributed by atoms with van der Waals surface area (Å²) in [7, 11) is 0. The van der Waals surface area contributed by atoms with Gasteiger partial charge in [-0.25, -0.2) is 0 Å². The number of hydrogen-bond donors (Lipinski definition) is 1. The summed E-state index contributed by atoms with van der Waals surface area (Å²) in [6.07, 6.45) is 1.76. The van der Waals surface area contributed by atoms with Gasteiger partial charge in [0.15, 0.2) is 0 Å². The van der Waals surface area contributed by atoms with Gasteiger partial charge < -0.3 is 9.73 Å². The average molecular weight is 229 g/mol. The maximum atomic E-state index is 5.53. The van der Waals surface area contributed by atoms with Crippen LogP contribution in [0.2, 0.25) is 0 Å². The number of aryl methyl sites for hydroxylation is 2. The summed E-state index contributed by atoms with van der Waals surface area (Å²) in [5.41, 5.74) is 5.06. The van der Waals surface area contributed by atoms with Crippen LogP contribution < -0.4 is 5.32 Å². The number of rotatable bonds is 4. The molecule has 1 heterocycles. The molecule has 0 fully saturated rings. The summed E-state index contributed by atoms with van der Waals surface area (Å²) in [5, 5.41) is 3.29. The standard InChI is InChI=1S/C15H19NO/c1-4-16-10-15-14(7-8-17-15)13-6-5-11(2)12(3)9-13/h5-9,16H,4,10H2,1-3H3. The quantitative estimate of drug-likeness (QED) is 0.865. The molecule has 17 heavy (non-hydrogen) atoms. The Kier molecular flexibility index (Phi) is 3.64. The van der Waals surface area contributed by atoms with Gasteiger partial charge >= 0.3 is 0 Å². The maximum absolute atomic E-state index is 5.53. The Labute approximate surface area is 103 Å². The second-order valence-electron chi connectivity index (χ2n) is 4.34. The Balaban J connectivity index is 2.32. The highest BCUT2D eigenvalue weighted by atomic mass is 16.3. The van der Waals surface area contributed by atoms with Crippen molar-refractivity contribution in [1.82, 2.24) is 5.32 Å². The van der Waals surface area contributed by atoms with Gasteiger partial charge in [0, 0.05) is 5.56 Å². The van der Waals surface area contributed by atoms with E-state index in [9.17, 15) is 0 Å². The van der Waals surface area contributed by atoms with Crippen LogP contribution >= 0.6 is 0 Å². The number of furan rings is 1. The summed E-state index contributed by atoms with van der Waals surface area (Å²) in [4.78, 5) is 0. The molecule has 2 rings (SSSR count). The van der Waals surface area contributed by atoms with Crippen LogP contribution in [0, 0.1) is 13.8 Å². The Hall–Kier alpha value is -1.54. The molecule has 0 unspecified atom stereocenters. The van der Waals surface area contributed by atoms with Crippen molar-refractivity contribution in [3.63, 3.8) is 0 Å². The summed E-state index contributed by atoms with van der Waals surface area (Å²) >= 11 is 0. The average Bonchev–Trinajstić information content (AvgIpc) is 2.78. The van der Waals surface area contributed by atoms with Gasteiger partial charge in [-0.05, 0) is 43.1 Å². The van der Waals surface area contributed by atoms with Crippen molar-refractivity contribution in [1.29, 1.82) is 0 Å². The third-order valence-corrected chi connectivity index (χ3v) is 3.10. The lowest BCUT2D eigenvalue weighted by Crippen LogP contribution is -2.11. The zero-order valence-electron chi connectivity index (χ0n) is 10.7. The number of benzene rings is 1. The Morgan fingerprint density at radius 2 is 1.94 bits per heavy atom. The Morgan fingerprint density at radius 3 is 2.65 bits per heavy atom. The van der Waals surface area contributed by atoms with Gasteiger partial charge in [0.1, 0.15) is 5.76 Å². The van der Waals surface area contributed by atoms with Gasteiger partial charge in [-0.2, -0.15) is 0 Å². The molecule has 0 atom stereocenters. The fraction of sp³-hybridized carbons (Fsp3) is 0.333. The molecule has 2 nitrogen and oxygen atoms in total. The molecule has 0 aliphatic rings. The molecule has 0 aliphatic heterocycles. The molecular weight excluding hydrogens is 210 g/mol. The molecule has 0 saturated heterocycles. The van der Waals surface area contributed by atoms with Crippen LogP contribution in [0.1, 0.15) is 23.8 Å². The van der Waals surface area contributed by atoms with Gasteiger partial charge in [-0.15, -0.1) is 0 Å². The molecule has 1 aromatic carbocycles. The first-order valence-electron chi connectivity index (χ1n) is 6.07. The summed E-state index contributed by atoms with van der Waals surface area (Å²) < 4.78 is 5.53. The highest BCUT2D eigenvalue weighted by molar-refractivity contribution is 5.66. The van der Waals surface area contributed by atoms with E-state index in [-0.39, 0.29) is 0 Å². The zero-order chi connectivity index (χ0) is 12.3. The van der Waals surface area contributed by atoms with Crippen LogP contribution in [0.5, 0.6) is 0 Å². The van der Waals surface area contributed by atoms with E-state index < -0.39 is 0 Å². The smallest absolute Gasteiger partial charge is 0.125 e. The van der Waals surface area contributed by atoms with E-state index in [0.717, 1.165) is 18.8 Å². The van der Waals surface area contributed by atoms with E-state index in [1.165, 1.54) is 22.3 Å². The SMILES string of the molecule is CCNCc1occc1-c1ccc(C)c(C)c1. The van der Waals surface area contributed by atoms with Crippen molar-refractivity contribution >= 4 is 0 Å². The van der Waals surface area contributed by atoms with E-state index in [1.54, 1.807) is 6.26 Å². The fourth-order valence-electron chi connectivity index (χ4n) is 1.88.